The van der Waals surface area contributed by atoms with Crippen molar-refractivity contribution in [3.63, 3.8) is 0 Å². The summed E-state index contributed by atoms with van der Waals surface area (Å²) in [7, 11) is 0. The van der Waals surface area contributed by atoms with Gasteiger partial charge in [-0.3, -0.25) is 10.8 Å². The highest BCUT2D eigenvalue weighted by Gasteiger charge is 2.16. The van der Waals surface area contributed by atoms with Crippen LogP contribution in [-0.4, -0.2) is 4.98 Å². The van der Waals surface area contributed by atoms with Crippen LogP contribution in [-0.2, 0) is 0 Å². The first-order chi connectivity index (χ1) is 7.72. The SMILES string of the molecule is Cc1ccncc1C(NN)c1ccc(Cl)s1. The number of aromatic nitrogens is 1. The van der Waals surface area contributed by atoms with Crippen LogP contribution in [0, 0.1) is 6.92 Å². The van der Waals surface area contributed by atoms with Gasteiger partial charge in [-0.2, -0.15) is 0 Å². The molecule has 0 aliphatic rings. The lowest BCUT2D eigenvalue weighted by Gasteiger charge is -2.16. The van der Waals surface area contributed by atoms with Crippen LogP contribution in [0.4, 0.5) is 0 Å². The molecule has 0 aliphatic carbocycles. The topological polar surface area (TPSA) is 50.9 Å². The lowest BCUT2D eigenvalue weighted by molar-refractivity contribution is 0.641. The van der Waals surface area contributed by atoms with Gasteiger partial charge in [0.05, 0.1) is 10.4 Å². The first-order valence-electron chi connectivity index (χ1n) is 4.84. The highest BCUT2D eigenvalue weighted by molar-refractivity contribution is 7.16. The van der Waals surface area contributed by atoms with E-state index in [1.165, 1.54) is 11.3 Å². The van der Waals surface area contributed by atoms with E-state index < -0.39 is 0 Å². The largest absolute Gasteiger partial charge is 0.271 e. The third-order valence-corrected chi connectivity index (χ3v) is 3.73. The van der Waals surface area contributed by atoms with E-state index in [1.54, 1.807) is 6.20 Å². The van der Waals surface area contributed by atoms with Gasteiger partial charge in [0.1, 0.15) is 0 Å². The van der Waals surface area contributed by atoms with Gasteiger partial charge in [-0.1, -0.05) is 11.6 Å². The number of nitrogens with one attached hydrogen (secondary N) is 1. The summed E-state index contributed by atoms with van der Waals surface area (Å²) in [5.41, 5.74) is 5.03. The molecule has 0 aromatic carbocycles. The van der Waals surface area contributed by atoms with Gasteiger partial charge in [0.25, 0.3) is 0 Å². The molecule has 1 unspecified atom stereocenters. The minimum absolute atomic E-state index is 0.0498. The van der Waals surface area contributed by atoms with Crippen LogP contribution in [0.25, 0.3) is 0 Å². The van der Waals surface area contributed by atoms with Crippen molar-refractivity contribution in [2.45, 2.75) is 13.0 Å². The van der Waals surface area contributed by atoms with Gasteiger partial charge in [0.2, 0.25) is 0 Å². The zero-order valence-corrected chi connectivity index (χ0v) is 10.3. The summed E-state index contributed by atoms with van der Waals surface area (Å²) < 4.78 is 0.761. The Labute approximate surface area is 103 Å². The summed E-state index contributed by atoms with van der Waals surface area (Å²) in [4.78, 5) is 5.21. The fourth-order valence-electron chi connectivity index (χ4n) is 1.59. The van der Waals surface area contributed by atoms with E-state index in [0.717, 1.165) is 20.3 Å². The molecule has 1 atom stereocenters. The zero-order valence-electron chi connectivity index (χ0n) is 8.77. The predicted molar refractivity (Wildman–Crippen MR) is 67.5 cm³/mol. The Morgan fingerprint density at radius 3 is 2.81 bits per heavy atom. The molecule has 0 spiro atoms. The van der Waals surface area contributed by atoms with Gasteiger partial charge in [0, 0.05) is 17.3 Å². The number of nitrogens with zero attached hydrogens (tertiary/aromatic N) is 1. The van der Waals surface area contributed by atoms with Gasteiger partial charge in [0.15, 0.2) is 0 Å². The molecule has 3 nitrogen and oxygen atoms in total. The number of aryl methyl sites for hydroxylation is 1. The molecule has 2 rings (SSSR count). The molecule has 2 aromatic rings. The fourth-order valence-corrected chi connectivity index (χ4v) is 2.73. The van der Waals surface area contributed by atoms with Crippen molar-refractivity contribution in [2.75, 3.05) is 0 Å². The van der Waals surface area contributed by atoms with Crippen molar-refractivity contribution < 1.29 is 0 Å². The maximum atomic E-state index is 5.92. The number of hydrogen-bond donors (Lipinski definition) is 2. The van der Waals surface area contributed by atoms with E-state index >= 15 is 0 Å². The van der Waals surface area contributed by atoms with Crippen molar-refractivity contribution in [3.8, 4) is 0 Å². The van der Waals surface area contributed by atoms with Gasteiger partial charge in [-0.15, -0.1) is 11.3 Å². The minimum atomic E-state index is -0.0498. The van der Waals surface area contributed by atoms with Crippen LogP contribution >= 0.6 is 22.9 Å². The molecule has 84 valence electrons. The lowest BCUT2D eigenvalue weighted by atomic mass is 10.0. The molecule has 0 bridgehead atoms. The summed E-state index contributed by atoms with van der Waals surface area (Å²) in [6.45, 7) is 2.04. The Bertz CT molecular complexity index is 484. The quantitative estimate of drug-likeness (QED) is 0.653. The van der Waals surface area contributed by atoms with E-state index in [9.17, 15) is 0 Å². The van der Waals surface area contributed by atoms with E-state index in [1.807, 2.05) is 31.3 Å². The summed E-state index contributed by atoms with van der Waals surface area (Å²) in [5, 5.41) is 0. The molecule has 5 heteroatoms. The Morgan fingerprint density at radius 2 is 2.25 bits per heavy atom. The van der Waals surface area contributed by atoms with Gasteiger partial charge < -0.3 is 0 Å². The molecule has 16 heavy (non-hydrogen) atoms. The Kier molecular flexibility index (Phi) is 3.56. The Hall–Kier alpha value is -0.940. The van der Waals surface area contributed by atoms with Crippen LogP contribution in [0.1, 0.15) is 22.0 Å². The maximum Gasteiger partial charge on any atom is 0.0931 e. The summed E-state index contributed by atoms with van der Waals surface area (Å²) in [6.07, 6.45) is 3.60. The average molecular weight is 254 g/mol. The molecule has 0 fully saturated rings. The van der Waals surface area contributed by atoms with E-state index in [2.05, 4.69) is 10.4 Å². The van der Waals surface area contributed by atoms with Crippen LogP contribution < -0.4 is 11.3 Å². The Morgan fingerprint density at radius 1 is 1.44 bits per heavy atom. The highest BCUT2D eigenvalue weighted by atomic mass is 35.5. The molecular weight excluding hydrogens is 242 g/mol. The number of nitrogens with two attached hydrogens (primary N) is 1. The smallest absolute Gasteiger partial charge is 0.0931 e. The molecular formula is C11H12ClN3S. The van der Waals surface area contributed by atoms with Crippen LogP contribution in [0.15, 0.2) is 30.6 Å². The maximum absolute atomic E-state index is 5.92. The monoisotopic (exact) mass is 253 g/mol. The highest BCUT2D eigenvalue weighted by Crippen LogP contribution is 2.31. The van der Waals surface area contributed by atoms with Crippen LogP contribution in [0.3, 0.4) is 0 Å². The zero-order chi connectivity index (χ0) is 11.5. The fraction of sp³-hybridized carbons (Fsp3) is 0.182. The second-order valence-electron chi connectivity index (χ2n) is 3.47. The number of rotatable bonds is 3. The average Bonchev–Trinajstić information content (AvgIpc) is 2.69. The molecule has 0 aliphatic heterocycles. The predicted octanol–water partition coefficient (Wildman–Crippen LogP) is 2.66. The number of hydrazine groups is 1. The molecule has 3 N–H and O–H groups in total. The van der Waals surface area contributed by atoms with Gasteiger partial charge in [-0.25, -0.2) is 5.43 Å². The molecule has 2 aromatic heterocycles. The first-order valence-corrected chi connectivity index (χ1v) is 6.03. The molecule has 0 radical (unpaired) electrons. The number of thiophene rings is 1. The number of halogens is 1. The second kappa shape index (κ2) is 4.93. The van der Waals surface area contributed by atoms with Gasteiger partial charge >= 0.3 is 0 Å². The second-order valence-corrected chi connectivity index (χ2v) is 5.22. The van der Waals surface area contributed by atoms with Crippen molar-refractivity contribution in [1.29, 1.82) is 0 Å². The standard InChI is InChI=1S/C11H12ClN3S/c1-7-4-5-14-6-8(7)11(15-13)9-2-3-10(12)16-9/h2-6,11,15H,13H2,1H3. The third-order valence-electron chi connectivity index (χ3n) is 2.44. The van der Waals surface area contributed by atoms with Crippen molar-refractivity contribution in [3.05, 3.63) is 50.9 Å². The number of hydrogen-bond acceptors (Lipinski definition) is 4. The summed E-state index contributed by atoms with van der Waals surface area (Å²) in [5.74, 6) is 5.60. The van der Waals surface area contributed by atoms with Gasteiger partial charge in [-0.05, 0) is 36.2 Å². The first kappa shape index (κ1) is 11.5. The third kappa shape index (κ3) is 2.25. The Balaban J connectivity index is 2.40. The molecule has 0 amide bonds. The van der Waals surface area contributed by atoms with E-state index in [4.69, 9.17) is 17.4 Å². The van der Waals surface area contributed by atoms with Crippen molar-refractivity contribution in [2.24, 2.45) is 5.84 Å². The lowest BCUT2D eigenvalue weighted by Crippen LogP contribution is -2.28. The van der Waals surface area contributed by atoms with Crippen molar-refractivity contribution in [1.82, 2.24) is 10.4 Å². The normalized spacial score (nSPS) is 12.7. The van der Waals surface area contributed by atoms with Crippen molar-refractivity contribution >= 4 is 22.9 Å². The van der Waals surface area contributed by atoms with E-state index in [0.29, 0.717) is 0 Å². The summed E-state index contributed by atoms with van der Waals surface area (Å²) in [6, 6.07) is 5.77. The minimum Gasteiger partial charge on any atom is -0.271 e. The summed E-state index contributed by atoms with van der Waals surface area (Å²) >= 11 is 7.44. The molecule has 0 saturated carbocycles. The van der Waals surface area contributed by atoms with E-state index in [-0.39, 0.29) is 6.04 Å². The van der Waals surface area contributed by atoms with Crippen LogP contribution in [0.2, 0.25) is 4.34 Å². The molecule has 0 saturated heterocycles. The number of pyridine rings is 1. The molecule has 2 heterocycles. The van der Waals surface area contributed by atoms with Crippen LogP contribution in [0.5, 0.6) is 0 Å².